The van der Waals surface area contributed by atoms with Gasteiger partial charge in [0.1, 0.15) is 17.0 Å². The fourth-order valence-corrected chi connectivity index (χ4v) is 1.77. The van der Waals surface area contributed by atoms with Crippen LogP contribution < -0.4 is 10.5 Å². The summed E-state index contributed by atoms with van der Waals surface area (Å²) in [6.07, 6.45) is 3.82. The van der Waals surface area contributed by atoms with E-state index in [9.17, 15) is 9.59 Å². The lowest BCUT2D eigenvalue weighted by molar-refractivity contribution is 0.112. The molecule has 0 bridgehead atoms. The SMILES string of the molecule is C=CCN(C)c1nc2ccccn2c(=O)c1C=O. The quantitative estimate of drug-likeness (QED) is 0.596. The van der Waals surface area contributed by atoms with Gasteiger partial charge in [-0.25, -0.2) is 4.98 Å². The molecule has 2 aromatic heterocycles. The normalized spacial score (nSPS) is 10.3. The number of likely N-dealkylation sites (N-methyl/N-ethyl adjacent to an activating group) is 1. The van der Waals surface area contributed by atoms with E-state index in [-0.39, 0.29) is 11.1 Å². The van der Waals surface area contributed by atoms with Crippen LogP contribution in [0, 0.1) is 0 Å². The Hall–Kier alpha value is -2.43. The second-order valence-electron chi connectivity index (χ2n) is 3.87. The zero-order valence-corrected chi connectivity index (χ0v) is 10.0. The maximum atomic E-state index is 12.1. The fourth-order valence-electron chi connectivity index (χ4n) is 1.77. The summed E-state index contributed by atoms with van der Waals surface area (Å²) in [5, 5.41) is 0. The number of hydrogen-bond acceptors (Lipinski definition) is 4. The minimum absolute atomic E-state index is 0.0584. The molecule has 0 N–H and O–H groups in total. The number of carbonyl (C=O) groups is 1. The third kappa shape index (κ3) is 1.90. The highest BCUT2D eigenvalue weighted by molar-refractivity contribution is 5.83. The highest BCUT2D eigenvalue weighted by Crippen LogP contribution is 2.12. The van der Waals surface area contributed by atoms with Gasteiger partial charge in [0.25, 0.3) is 5.56 Å². The third-order valence-electron chi connectivity index (χ3n) is 2.63. The van der Waals surface area contributed by atoms with Crippen molar-refractivity contribution < 1.29 is 4.79 Å². The Balaban J connectivity index is 2.76. The molecular weight excluding hydrogens is 230 g/mol. The van der Waals surface area contributed by atoms with E-state index in [4.69, 9.17) is 0 Å². The summed E-state index contributed by atoms with van der Waals surface area (Å²) in [7, 11) is 1.76. The lowest BCUT2D eigenvalue weighted by Crippen LogP contribution is -2.27. The van der Waals surface area contributed by atoms with Crippen LogP contribution in [0.15, 0.2) is 41.8 Å². The molecular formula is C13H13N3O2. The molecule has 0 aliphatic rings. The van der Waals surface area contributed by atoms with Crippen molar-refractivity contribution in [3.63, 3.8) is 0 Å². The van der Waals surface area contributed by atoms with Crippen LogP contribution in [0.4, 0.5) is 5.82 Å². The first-order chi connectivity index (χ1) is 8.69. The Bertz CT molecular complexity index is 661. The van der Waals surface area contributed by atoms with Crippen molar-refractivity contribution in [2.45, 2.75) is 0 Å². The van der Waals surface area contributed by atoms with E-state index in [1.165, 1.54) is 4.40 Å². The molecule has 0 saturated heterocycles. The molecule has 0 radical (unpaired) electrons. The first-order valence-corrected chi connectivity index (χ1v) is 5.47. The third-order valence-corrected chi connectivity index (χ3v) is 2.63. The molecule has 0 aliphatic heterocycles. The lowest BCUT2D eigenvalue weighted by Gasteiger charge is -2.17. The van der Waals surface area contributed by atoms with Gasteiger partial charge in [0.05, 0.1) is 0 Å². The highest BCUT2D eigenvalue weighted by Gasteiger charge is 2.14. The van der Waals surface area contributed by atoms with Crippen LogP contribution in [0.2, 0.25) is 0 Å². The molecule has 0 aliphatic carbocycles. The van der Waals surface area contributed by atoms with Crippen LogP contribution in [0.25, 0.3) is 5.65 Å². The van der Waals surface area contributed by atoms with Gasteiger partial charge in [-0.3, -0.25) is 14.0 Å². The number of hydrogen-bond donors (Lipinski definition) is 0. The van der Waals surface area contributed by atoms with Crippen LogP contribution in [0.1, 0.15) is 10.4 Å². The van der Waals surface area contributed by atoms with Crippen LogP contribution in [-0.4, -0.2) is 29.3 Å². The first-order valence-electron chi connectivity index (χ1n) is 5.47. The number of anilines is 1. The fraction of sp³-hybridized carbons (Fsp3) is 0.154. The summed E-state index contributed by atoms with van der Waals surface area (Å²) >= 11 is 0. The van der Waals surface area contributed by atoms with Gasteiger partial charge in [-0.1, -0.05) is 12.1 Å². The Labute approximate surface area is 104 Å². The number of rotatable bonds is 4. The van der Waals surface area contributed by atoms with Crippen molar-refractivity contribution in [2.24, 2.45) is 0 Å². The largest absolute Gasteiger partial charge is 0.355 e. The van der Waals surface area contributed by atoms with Gasteiger partial charge in [0.15, 0.2) is 6.29 Å². The highest BCUT2D eigenvalue weighted by atomic mass is 16.1. The first kappa shape index (κ1) is 12.0. The second-order valence-corrected chi connectivity index (χ2v) is 3.87. The smallest absolute Gasteiger partial charge is 0.270 e. The standard InChI is InChI=1S/C13H13N3O2/c1-3-7-15(2)12-10(9-17)13(18)16-8-5-4-6-11(16)14-12/h3-6,8-9H,1,7H2,2H3. The van der Waals surface area contributed by atoms with Gasteiger partial charge in [-0.2, -0.15) is 0 Å². The van der Waals surface area contributed by atoms with Crippen molar-refractivity contribution in [2.75, 3.05) is 18.5 Å². The Morgan fingerprint density at radius 1 is 1.50 bits per heavy atom. The zero-order chi connectivity index (χ0) is 13.1. The minimum atomic E-state index is -0.360. The minimum Gasteiger partial charge on any atom is -0.355 e. The summed E-state index contributed by atoms with van der Waals surface area (Å²) in [6, 6.07) is 5.23. The summed E-state index contributed by atoms with van der Waals surface area (Å²) in [4.78, 5) is 29.3. The predicted molar refractivity (Wildman–Crippen MR) is 70.3 cm³/mol. The maximum absolute atomic E-state index is 12.1. The average Bonchev–Trinajstić information content (AvgIpc) is 2.39. The Kier molecular flexibility index (Phi) is 3.23. The molecule has 2 aromatic rings. The molecule has 0 fully saturated rings. The monoisotopic (exact) mass is 243 g/mol. The molecule has 0 atom stereocenters. The number of pyridine rings is 1. The maximum Gasteiger partial charge on any atom is 0.270 e. The molecule has 0 amide bonds. The van der Waals surface area contributed by atoms with Gasteiger partial charge >= 0.3 is 0 Å². The molecule has 0 aromatic carbocycles. The van der Waals surface area contributed by atoms with Gasteiger partial charge in [0.2, 0.25) is 0 Å². The number of nitrogens with zero attached hydrogens (tertiary/aromatic N) is 3. The molecule has 0 spiro atoms. The summed E-state index contributed by atoms with van der Waals surface area (Å²) in [5.74, 6) is 0.376. The van der Waals surface area contributed by atoms with E-state index in [2.05, 4.69) is 11.6 Å². The van der Waals surface area contributed by atoms with Crippen molar-refractivity contribution >= 4 is 17.8 Å². The topological polar surface area (TPSA) is 54.7 Å². The van der Waals surface area contributed by atoms with Gasteiger partial charge in [-0.15, -0.1) is 6.58 Å². The van der Waals surface area contributed by atoms with Crippen LogP contribution in [0.3, 0.4) is 0 Å². The van der Waals surface area contributed by atoms with Crippen molar-refractivity contribution in [1.82, 2.24) is 9.38 Å². The van der Waals surface area contributed by atoms with E-state index >= 15 is 0 Å². The molecule has 5 heteroatoms. The second kappa shape index (κ2) is 4.83. The molecule has 18 heavy (non-hydrogen) atoms. The van der Waals surface area contributed by atoms with E-state index in [0.717, 1.165) is 0 Å². The van der Waals surface area contributed by atoms with E-state index in [0.29, 0.717) is 24.3 Å². The van der Waals surface area contributed by atoms with Crippen LogP contribution in [-0.2, 0) is 0 Å². The summed E-state index contributed by atoms with van der Waals surface area (Å²) in [5.41, 5.74) is 0.212. The Morgan fingerprint density at radius 3 is 2.94 bits per heavy atom. The number of aldehydes is 1. The van der Waals surface area contributed by atoms with Gasteiger partial charge < -0.3 is 4.90 Å². The van der Waals surface area contributed by atoms with Crippen LogP contribution in [0.5, 0.6) is 0 Å². The van der Waals surface area contributed by atoms with Crippen LogP contribution >= 0.6 is 0 Å². The molecule has 2 heterocycles. The van der Waals surface area contributed by atoms with E-state index in [1.807, 2.05) is 0 Å². The molecule has 5 nitrogen and oxygen atoms in total. The number of carbonyl (C=O) groups excluding carboxylic acids is 1. The average molecular weight is 243 g/mol. The molecule has 0 saturated carbocycles. The number of fused-ring (bicyclic) bond motifs is 1. The number of aromatic nitrogens is 2. The summed E-state index contributed by atoms with van der Waals surface area (Å²) < 4.78 is 1.36. The van der Waals surface area contributed by atoms with Gasteiger partial charge in [0, 0.05) is 19.8 Å². The van der Waals surface area contributed by atoms with E-state index in [1.54, 1.807) is 42.4 Å². The van der Waals surface area contributed by atoms with Crippen molar-refractivity contribution in [3.8, 4) is 0 Å². The van der Waals surface area contributed by atoms with E-state index < -0.39 is 0 Å². The molecule has 92 valence electrons. The van der Waals surface area contributed by atoms with Gasteiger partial charge in [-0.05, 0) is 12.1 Å². The zero-order valence-electron chi connectivity index (χ0n) is 10.0. The van der Waals surface area contributed by atoms with Crippen molar-refractivity contribution in [1.29, 1.82) is 0 Å². The Morgan fingerprint density at radius 2 is 2.28 bits per heavy atom. The molecule has 2 rings (SSSR count). The predicted octanol–water partition coefficient (Wildman–Crippen LogP) is 1.13. The molecule has 0 unspecified atom stereocenters. The summed E-state index contributed by atoms with van der Waals surface area (Å²) in [6.45, 7) is 4.14. The van der Waals surface area contributed by atoms with Crippen molar-refractivity contribution in [3.05, 3.63) is 53.0 Å². The lowest BCUT2D eigenvalue weighted by atomic mass is 10.3.